The van der Waals surface area contributed by atoms with Gasteiger partial charge >= 0.3 is 0 Å². The normalized spacial score (nSPS) is 14.9. The molecule has 2 aromatic rings. The van der Waals surface area contributed by atoms with E-state index in [0.717, 1.165) is 53.8 Å². The zero-order valence-corrected chi connectivity index (χ0v) is 23.7. The predicted octanol–water partition coefficient (Wildman–Crippen LogP) is 3.64. The van der Waals surface area contributed by atoms with Crippen molar-refractivity contribution in [2.75, 3.05) is 31.3 Å². The Morgan fingerprint density at radius 3 is 2.39 bits per heavy atom. The molecule has 0 aliphatic heterocycles. The topological polar surface area (TPSA) is 105 Å². The molecular weight excluding hydrogens is 506 g/mol. The van der Waals surface area contributed by atoms with Gasteiger partial charge in [0.1, 0.15) is 24.1 Å². The molecule has 1 aliphatic rings. The molecule has 2 aromatic carbocycles. The van der Waals surface area contributed by atoms with E-state index in [9.17, 15) is 18.0 Å². The summed E-state index contributed by atoms with van der Waals surface area (Å²) in [4.78, 5) is 28.5. The lowest BCUT2D eigenvalue weighted by Crippen LogP contribution is -2.53. The molecule has 9 nitrogen and oxygen atoms in total. The third-order valence-electron chi connectivity index (χ3n) is 6.89. The Balaban J connectivity index is 1.93. The average Bonchev–Trinajstić information content (AvgIpc) is 2.89. The number of benzene rings is 2. The van der Waals surface area contributed by atoms with Crippen molar-refractivity contribution >= 4 is 27.5 Å². The predicted molar refractivity (Wildman–Crippen MR) is 148 cm³/mol. The van der Waals surface area contributed by atoms with Gasteiger partial charge in [-0.2, -0.15) is 0 Å². The zero-order valence-electron chi connectivity index (χ0n) is 22.9. The number of ether oxygens (including phenoxy) is 2. The SMILES string of the molecule is COc1cccc(CN(C(=O)CN(c2cc(C)ccc2OC)S(C)(=O)=O)C(C)C(=O)NC2CCCCC2)c1. The summed E-state index contributed by atoms with van der Waals surface area (Å²) < 4.78 is 37.5. The fourth-order valence-electron chi connectivity index (χ4n) is 4.71. The molecule has 1 saturated carbocycles. The first kappa shape index (κ1) is 29.3. The fourth-order valence-corrected chi connectivity index (χ4v) is 5.55. The Labute approximate surface area is 226 Å². The lowest BCUT2D eigenvalue weighted by Gasteiger charge is -2.33. The summed E-state index contributed by atoms with van der Waals surface area (Å²) in [6.07, 6.45) is 6.16. The summed E-state index contributed by atoms with van der Waals surface area (Å²) in [5, 5.41) is 3.09. The van der Waals surface area contributed by atoms with Crippen molar-refractivity contribution in [2.45, 2.75) is 64.6 Å². The number of aryl methyl sites for hydroxylation is 1. The van der Waals surface area contributed by atoms with Crippen LogP contribution in [0.1, 0.15) is 50.2 Å². The highest BCUT2D eigenvalue weighted by Gasteiger charge is 2.32. The van der Waals surface area contributed by atoms with Gasteiger partial charge in [0.2, 0.25) is 21.8 Å². The molecule has 1 fully saturated rings. The molecule has 38 heavy (non-hydrogen) atoms. The molecule has 1 unspecified atom stereocenters. The van der Waals surface area contributed by atoms with Crippen LogP contribution in [0, 0.1) is 6.92 Å². The fraction of sp³-hybridized carbons (Fsp3) is 0.500. The number of hydrogen-bond donors (Lipinski definition) is 1. The van der Waals surface area contributed by atoms with Crippen LogP contribution in [0.25, 0.3) is 0 Å². The van der Waals surface area contributed by atoms with Crippen LogP contribution in [-0.2, 0) is 26.2 Å². The van der Waals surface area contributed by atoms with Crippen LogP contribution in [0.2, 0.25) is 0 Å². The van der Waals surface area contributed by atoms with Crippen molar-refractivity contribution in [3.63, 3.8) is 0 Å². The second kappa shape index (κ2) is 13.0. The van der Waals surface area contributed by atoms with Gasteiger partial charge in [0.05, 0.1) is 26.2 Å². The number of nitrogens with one attached hydrogen (secondary N) is 1. The molecule has 1 N–H and O–H groups in total. The smallest absolute Gasteiger partial charge is 0.244 e. The molecule has 208 valence electrons. The standard InChI is InChI=1S/C28H39N3O6S/c1-20-14-15-26(37-4)25(16-20)31(38(5,34)35)19-27(32)30(18-22-10-9-13-24(17-22)36-3)21(2)28(33)29-23-11-7-6-8-12-23/h9-10,13-17,21,23H,6-8,11-12,18-19H2,1-5H3,(H,29,33). The number of carbonyl (C=O) groups excluding carboxylic acids is 2. The maximum Gasteiger partial charge on any atom is 0.244 e. The van der Waals surface area contributed by atoms with Crippen molar-refractivity contribution < 1.29 is 27.5 Å². The Bertz CT molecular complexity index is 1230. The highest BCUT2D eigenvalue weighted by atomic mass is 32.2. The van der Waals surface area contributed by atoms with Gasteiger partial charge in [-0.1, -0.05) is 37.5 Å². The Morgan fingerprint density at radius 1 is 1.05 bits per heavy atom. The van der Waals surface area contributed by atoms with E-state index in [2.05, 4.69) is 5.32 Å². The lowest BCUT2D eigenvalue weighted by molar-refractivity contribution is -0.139. The van der Waals surface area contributed by atoms with Crippen molar-refractivity contribution in [3.8, 4) is 11.5 Å². The molecule has 10 heteroatoms. The van der Waals surface area contributed by atoms with Crippen LogP contribution in [0.4, 0.5) is 5.69 Å². The molecule has 0 radical (unpaired) electrons. The van der Waals surface area contributed by atoms with Gasteiger partial charge in [-0.3, -0.25) is 13.9 Å². The van der Waals surface area contributed by atoms with Crippen molar-refractivity contribution in [1.29, 1.82) is 0 Å². The maximum atomic E-state index is 13.8. The van der Waals surface area contributed by atoms with Crippen LogP contribution >= 0.6 is 0 Å². The molecule has 0 heterocycles. The number of amides is 2. The number of rotatable bonds is 11. The first-order chi connectivity index (χ1) is 18.0. The van der Waals surface area contributed by atoms with Crippen LogP contribution in [-0.4, -0.2) is 64.2 Å². The Hall–Kier alpha value is -3.27. The highest BCUT2D eigenvalue weighted by Crippen LogP contribution is 2.31. The number of methoxy groups -OCH3 is 2. The first-order valence-corrected chi connectivity index (χ1v) is 14.7. The molecule has 0 bridgehead atoms. The number of carbonyl (C=O) groups is 2. The van der Waals surface area contributed by atoms with Gasteiger partial charge in [-0.15, -0.1) is 0 Å². The molecule has 0 spiro atoms. The van der Waals surface area contributed by atoms with Crippen LogP contribution in [0.3, 0.4) is 0 Å². The average molecular weight is 546 g/mol. The summed E-state index contributed by atoms with van der Waals surface area (Å²) >= 11 is 0. The second-order valence-corrected chi connectivity index (χ2v) is 11.7. The van der Waals surface area contributed by atoms with E-state index in [1.54, 1.807) is 44.4 Å². The Kier molecular flexibility index (Phi) is 10.0. The van der Waals surface area contributed by atoms with Crippen molar-refractivity contribution in [2.24, 2.45) is 0 Å². The van der Waals surface area contributed by atoms with Crippen molar-refractivity contribution in [1.82, 2.24) is 10.2 Å². The minimum atomic E-state index is -3.86. The van der Waals surface area contributed by atoms with Gasteiger partial charge in [-0.25, -0.2) is 8.42 Å². The van der Waals surface area contributed by atoms with E-state index >= 15 is 0 Å². The minimum absolute atomic E-state index is 0.0801. The molecule has 1 aliphatic carbocycles. The summed E-state index contributed by atoms with van der Waals surface area (Å²) in [6.45, 7) is 3.13. The summed E-state index contributed by atoms with van der Waals surface area (Å²) in [5.41, 5.74) is 1.84. The van der Waals surface area contributed by atoms with Crippen LogP contribution in [0.15, 0.2) is 42.5 Å². The van der Waals surface area contributed by atoms with E-state index in [1.807, 2.05) is 19.1 Å². The van der Waals surface area contributed by atoms with E-state index in [-0.39, 0.29) is 24.2 Å². The van der Waals surface area contributed by atoms with Gasteiger partial charge in [0.25, 0.3) is 0 Å². The van der Waals surface area contributed by atoms with Crippen LogP contribution < -0.4 is 19.1 Å². The van der Waals surface area contributed by atoms with Gasteiger partial charge in [0.15, 0.2) is 0 Å². The summed E-state index contributed by atoms with van der Waals surface area (Å²) in [5.74, 6) is 0.188. The summed E-state index contributed by atoms with van der Waals surface area (Å²) in [6, 6.07) is 11.6. The lowest BCUT2D eigenvalue weighted by atomic mass is 9.95. The molecule has 3 rings (SSSR count). The molecular formula is C28H39N3O6S. The minimum Gasteiger partial charge on any atom is -0.497 e. The van der Waals surface area contributed by atoms with E-state index in [0.29, 0.717) is 11.5 Å². The van der Waals surface area contributed by atoms with E-state index < -0.39 is 28.5 Å². The zero-order chi connectivity index (χ0) is 27.9. The second-order valence-electron chi connectivity index (χ2n) is 9.84. The molecule has 2 amide bonds. The number of nitrogens with zero attached hydrogens (tertiary/aromatic N) is 2. The molecule has 0 saturated heterocycles. The molecule has 1 atom stereocenters. The number of anilines is 1. The van der Waals surface area contributed by atoms with Gasteiger partial charge < -0.3 is 19.7 Å². The Morgan fingerprint density at radius 2 is 1.76 bits per heavy atom. The summed E-state index contributed by atoms with van der Waals surface area (Å²) in [7, 11) is -0.858. The van der Waals surface area contributed by atoms with E-state index in [4.69, 9.17) is 9.47 Å². The number of sulfonamides is 1. The van der Waals surface area contributed by atoms with Crippen molar-refractivity contribution in [3.05, 3.63) is 53.6 Å². The highest BCUT2D eigenvalue weighted by molar-refractivity contribution is 7.92. The molecule has 0 aromatic heterocycles. The van der Waals surface area contributed by atoms with Gasteiger partial charge in [-0.05, 0) is 62.1 Å². The quantitative estimate of drug-likeness (QED) is 0.462. The van der Waals surface area contributed by atoms with E-state index in [1.165, 1.54) is 12.0 Å². The van der Waals surface area contributed by atoms with Gasteiger partial charge in [0, 0.05) is 12.6 Å². The largest absolute Gasteiger partial charge is 0.497 e. The third-order valence-corrected chi connectivity index (χ3v) is 8.01. The monoisotopic (exact) mass is 545 g/mol. The first-order valence-electron chi connectivity index (χ1n) is 12.9. The number of hydrogen-bond acceptors (Lipinski definition) is 6. The maximum absolute atomic E-state index is 13.8. The third kappa shape index (κ3) is 7.63. The van der Waals surface area contributed by atoms with Crippen LogP contribution in [0.5, 0.6) is 11.5 Å².